The van der Waals surface area contributed by atoms with Crippen LogP contribution < -0.4 is 10.2 Å². The lowest BCUT2D eigenvalue weighted by atomic mass is 10.1. The molecular formula is C29H38N4O3S. The number of aromatic nitrogens is 1. The number of amides is 1. The van der Waals surface area contributed by atoms with E-state index in [2.05, 4.69) is 52.1 Å². The van der Waals surface area contributed by atoms with E-state index in [-0.39, 0.29) is 17.4 Å². The Labute approximate surface area is 222 Å². The summed E-state index contributed by atoms with van der Waals surface area (Å²) in [6, 6.07) is 14.6. The van der Waals surface area contributed by atoms with Gasteiger partial charge in [-0.05, 0) is 70.0 Å². The number of aryl methyl sites for hydroxylation is 4. The molecule has 8 heteroatoms. The molecule has 7 nitrogen and oxygen atoms in total. The lowest BCUT2D eigenvalue weighted by Gasteiger charge is -2.37. The molecule has 4 rings (SSSR count). The van der Waals surface area contributed by atoms with E-state index in [1.165, 1.54) is 16.8 Å². The second-order valence-electron chi connectivity index (χ2n) is 9.94. The van der Waals surface area contributed by atoms with E-state index >= 15 is 0 Å². The van der Waals surface area contributed by atoms with Gasteiger partial charge in [0.1, 0.15) is 11.5 Å². The van der Waals surface area contributed by atoms with Crippen LogP contribution in [0.5, 0.6) is 0 Å². The molecule has 1 aliphatic heterocycles. The number of anilines is 1. The Balaban J connectivity index is 1.14. The number of hydrogen-bond donors (Lipinski definition) is 1. The molecule has 0 saturated carbocycles. The quantitative estimate of drug-likeness (QED) is 0.403. The highest BCUT2D eigenvalue weighted by Crippen LogP contribution is 2.24. The van der Waals surface area contributed by atoms with Gasteiger partial charge in [0, 0.05) is 54.8 Å². The summed E-state index contributed by atoms with van der Waals surface area (Å²) in [5.74, 6) is 1.16. The Bertz CT molecular complexity index is 1230. The van der Waals surface area contributed by atoms with Crippen LogP contribution in [0.2, 0.25) is 0 Å². The Hall–Kier alpha value is -2.97. The molecule has 0 spiro atoms. The zero-order valence-corrected chi connectivity index (χ0v) is 23.2. The number of oxazole rings is 1. The van der Waals surface area contributed by atoms with Gasteiger partial charge >= 0.3 is 0 Å². The normalized spacial score (nSPS) is 15.1. The highest BCUT2D eigenvalue weighted by molar-refractivity contribution is 7.84. The van der Waals surface area contributed by atoms with Gasteiger partial charge in [-0.3, -0.25) is 13.9 Å². The number of hydrogen-bond acceptors (Lipinski definition) is 6. The van der Waals surface area contributed by atoms with Crippen molar-refractivity contribution in [3.05, 3.63) is 70.6 Å². The first-order valence-electron chi connectivity index (χ1n) is 13.0. The standard InChI is InChI=1S/C29H38N4O3S/c1-21-7-10-25(11-8-21)29-31-26(24(4)36-29)19-37(35)20-28(34)30-12-5-13-32-14-16-33(17-15-32)27-18-22(2)6-9-23(27)3/h6-11,18H,5,12-17,19-20H2,1-4H3,(H,30,34)/t37-/m1/s1. The van der Waals surface area contributed by atoms with Crippen LogP contribution in [-0.4, -0.2) is 65.0 Å². The summed E-state index contributed by atoms with van der Waals surface area (Å²) >= 11 is 0. The van der Waals surface area contributed by atoms with E-state index in [0.717, 1.165) is 50.3 Å². The molecule has 1 fully saturated rings. The van der Waals surface area contributed by atoms with Crippen molar-refractivity contribution in [2.75, 3.05) is 49.9 Å². The largest absolute Gasteiger partial charge is 0.441 e. The fourth-order valence-corrected chi connectivity index (χ4v) is 5.65. The third-order valence-electron chi connectivity index (χ3n) is 6.83. The molecule has 1 saturated heterocycles. The van der Waals surface area contributed by atoms with Crippen LogP contribution in [0.3, 0.4) is 0 Å². The first-order valence-corrected chi connectivity index (χ1v) is 14.5. The van der Waals surface area contributed by atoms with Crippen LogP contribution in [0, 0.1) is 27.7 Å². The number of carbonyl (C=O) groups excluding carboxylic acids is 1. The molecule has 0 bridgehead atoms. The van der Waals surface area contributed by atoms with E-state index in [1.54, 1.807) is 0 Å². The number of rotatable bonds is 10. The van der Waals surface area contributed by atoms with Crippen molar-refractivity contribution < 1.29 is 13.4 Å². The summed E-state index contributed by atoms with van der Waals surface area (Å²) in [5, 5.41) is 2.93. The molecule has 0 unspecified atom stereocenters. The Morgan fingerprint density at radius 3 is 2.43 bits per heavy atom. The van der Waals surface area contributed by atoms with Gasteiger partial charge in [-0.1, -0.05) is 29.8 Å². The molecular weight excluding hydrogens is 484 g/mol. The SMILES string of the molecule is Cc1ccc(-c2nc(C[S@@](=O)CC(=O)NCCCN3CCN(c4cc(C)ccc4C)CC3)c(C)o2)cc1. The molecule has 1 atom stereocenters. The molecule has 198 valence electrons. The van der Waals surface area contributed by atoms with E-state index in [4.69, 9.17) is 4.42 Å². The number of piperazine rings is 1. The summed E-state index contributed by atoms with van der Waals surface area (Å²) < 4.78 is 18.4. The van der Waals surface area contributed by atoms with Crippen molar-refractivity contribution >= 4 is 22.4 Å². The first kappa shape index (κ1) is 27.1. The number of nitrogens with one attached hydrogen (secondary N) is 1. The molecule has 37 heavy (non-hydrogen) atoms. The minimum absolute atomic E-state index is 0.0271. The predicted molar refractivity (Wildman–Crippen MR) is 150 cm³/mol. The summed E-state index contributed by atoms with van der Waals surface area (Å²) in [6.45, 7) is 13.8. The number of nitrogens with zero attached hydrogens (tertiary/aromatic N) is 3. The fraction of sp³-hybridized carbons (Fsp3) is 0.448. The molecule has 3 aromatic rings. The van der Waals surface area contributed by atoms with Gasteiger partial charge in [-0.2, -0.15) is 0 Å². The molecule has 1 aliphatic rings. The second-order valence-corrected chi connectivity index (χ2v) is 11.4. The van der Waals surface area contributed by atoms with Crippen molar-refractivity contribution in [3.63, 3.8) is 0 Å². The van der Waals surface area contributed by atoms with Gasteiger partial charge in [0.25, 0.3) is 0 Å². The van der Waals surface area contributed by atoms with Crippen LogP contribution in [0.4, 0.5) is 5.69 Å². The highest BCUT2D eigenvalue weighted by atomic mass is 32.2. The van der Waals surface area contributed by atoms with E-state index < -0.39 is 10.8 Å². The zero-order valence-electron chi connectivity index (χ0n) is 22.4. The van der Waals surface area contributed by atoms with E-state index in [1.807, 2.05) is 38.1 Å². The smallest absolute Gasteiger partial charge is 0.232 e. The van der Waals surface area contributed by atoms with Crippen molar-refractivity contribution in [2.45, 2.75) is 39.9 Å². The molecule has 1 aromatic heterocycles. The van der Waals surface area contributed by atoms with Crippen LogP contribution >= 0.6 is 0 Å². The maximum Gasteiger partial charge on any atom is 0.232 e. The van der Waals surface area contributed by atoms with Gasteiger partial charge in [0.2, 0.25) is 11.8 Å². The minimum Gasteiger partial charge on any atom is -0.441 e. The van der Waals surface area contributed by atoms with Gasteiger partial charge in [-0.25, -0.2) is 4.98 Å². The summed E-state index contributed by atoms with van der Waals surface area (Å²) in [6.07, 6.45) is 0.879. The monoisotopic (exact) mass is 522 g/mol. The second kappa shape index (κ2) is 12.5. The molecule has 1 amide bonds. The summed E-state index contributed by atoms with van der Waals surface area (Å²) in [4.78, 5) is 21.8. The van der Waals surface area contributed by atoms with Crippen molar-refractivity contribution in [1.29, 1.82) is 0 Å². The lowest BCUT2D eigenvalue weighted by molar-refractivity contribution is -0.118. The van der Waals surface area contributed by atoms with Crippen LogP contribution in [0.15, 0.2) is 46.9 Å². The number of carbonyl (C=O) groups is 1. The topological polar surface area (TPSA) is 78.7 Å². The van der Waals surface area contributed by atoms with Crippen LogP contribution in [0.1, 0.15) is 34.6 Å². The van der Waals surface area contributed by atoms with Gasteiger partial charge in [0.05, 0.1) is 11.4 Å². The Morgan fingerprint density at radius 2 is 1.70 bits per heavy atom. The molecule has 2 aromatic carbocycles. The Morgan fingerprint density at radius 1 is 1.00 bits per heavy atom. The molecule has 0 radical (unpaired) electrons. The first-order chi connectivity index (χ1) is 17.8. The summed E-state index contributed by atoms with van der Waals surface area (Å²) in [5.41, 5.74) is 6.64. The van der Waals surface area contributed by atoms with Gasteiger partial charge in [-0.15, -0.1) is 0 Å². The average molecular weight is 523 g/mol. The van der Waals surface area contributed by atoms with Crippen molar-refractivity contribution in [1.82, 2.24) is 15.2 Å². The maximum atomic E-state index is 12.6. The van der Waals surface area contributed by atoms with Gasteiger partial charge in [0.15, 0.2) is 0 Å². The maximum absolute atomic E-state index is 12.6. The number of benzene rings is 2. The average Bonchev–Trinajstić information content (AvgIpc) is 3.24. The third kappa shape index (κ3) is 7.52. The van der Waals surface area contributed by atoms with E-state index in [9.17, 15) is 9.00 Å². The fourth-order valence-electron chi connectivity index (χ4n) is 4.59. The van der Waals surface area contributed by atoms with Crippen molar-refractivity contribution in [3.8, 4) is 11.5 Å². The van der Waals surface area contributed by atoms with Gasteiger partial charge < -0.3 is 14.6 Å². The van der Waals surface area contributed by atoms with Crippen LogP contribution in [0.25, 0.3) is 11.5 Å². The lowest BCUT2D eigenvalue weighted by Crippen LogP contribution is -2.47. The molecule has 0 aliphatic carbocycles. The molecule has 1 N–H and O–H groups in total. The Kier molecular flexibility index (Phi) is 9.16. The third-order valence-corrected chi connectivity index (χ3v) is 8.01. The highest BCUT2D eigenvalue weighted by Gasteiger charge is 2.19. The predicted octanol–water partition coefficient (Wildman–Crippen LogP) is 4.15. The summed E-state index contributed by atoms with van der Waals surface area (Å²) in [7, 11) is -1.34. The molecule has 2 heterocycles. The zero-order chi connectivity index (χ0) is 26.4. The van der Waals surface area contributed by atoms with Crippen molar-refractivity contribution in [2.24, 2.45) is 0 Å². The van der Waals surface area contributed by atoms with E-state index in [0.29, 0.717) is 23.9 Å². The van der Waals surface area contributed by atoms with Crippen LogP contribution in [-0.2, 0) is 21.3 Å². The minimum atomic E-state index is -1.34.